The Labute approximate surface area is 95.5 Å². The van der Waals surface area contributed by atoms with E-state index in [4.69, 9.17) is 5.73 Å². The van der Waals surface area contributed by atoms with E-state index in [0.29, 0.717) is 5.69 Å². The molecule has 1 aromatic rings. The fourth-order valence-electron chi connectivity index (χ4n) is 2.18. The topological polar surface area (TPSA) is 59.2 Å². The van der Waals surface area contributed by atoms with E-state index in [9.17, 15) is 4.79 Å². The number of pyridine rings is 1. The third-order valence-electron chi connectivity index (χ3n) is 2.97. The first-order valence-corrected chi connectivity index (χ1v) is 5.64. The molecule has 1 aliphatic heterocycles. The minimum absolute atomic E-state index is 0.380. The van der Waals surface area contributed by atoms with E-state index < -0.39 is 5.91 Å². The molecule has 1 saturated heterocycles. The smallest absolute Gasteiger partial charge is 0.267 e. The van der Waals surface area contributed by atoms with Gasteiger partial charge in [0.15, 0.2) is 0 Å². The number of carbonyl (C=O) groups is 1. The molecule has 0 spiro atoms. The molecule has 2 heterocycles. The SMILES string of the molecule is Cc1cc(CN2CCCC2)cnc1C(N)=O. The van der Waals surface area contributed by atoms with E-state index in [1.54, 1.807) is 6.20 Å². The van der Waals surface area contributed by atoms with Crippen LogP contribution in [0.2, 0.25) is 0 Å². The van der Waals surface area contributed by atoms with Crippen molar-refractivity contribution in [3.63, 3.8) is 0 Å². The summed E-state index contributed by atoms with van der Waals surface area (Å²) < 4.78 is 0. The van der Waals surface area contributed by atoms with Crippen LogP contribution in [0.15, 0.2) is 12.3 Å². The molecule has 1 aliphatic rings. The van der Waals surface area contributed by atoms with Crippen molar-refractivity contribution in [3.05, 3.63) is 29.1 Å². The highest BCUT2D eigenvalue weighted by atomic mass is 16.1. The fraction of sp³-hybridized carbons (Fsp3) is 0.500. The fourth-order valence-corrected chi connectivity index (χ4v) is 2.18. The van der Waals surface area contributed by atoms with Gasteiger partial charge in [0.1, 0.15) is 5.69 Å². The van der Waals surface area contributed by atoms with Crippen molar-refractivity contribution in [3.8, 4) is 0 Å². The first-order chi connectivity index (χ1) is 7.66. The van der Waals surface area contributed by atoms with Gasteiger partial charge in [0.2, 0.25) is 0 Å². The molecule has 0 bridgehead atoms. The molecule has 0 aromatic carbocycles. The Bertz CT molecular complexity index is 397. The Kier molecular flexibility index (Phi) is 3.19. The number of primary amides is 1. The van der Waals surface area contributed by atoms with Gasteiger partial charge < -0.3 is 5.73 Å². The van der Waals surface area contributed by atoms with Gasteiger partial charge >= 0.3 is 0 Å². The molecule has 0 aliphatic carbocycles. The van der Waals surface area contributed by atoms with Crippen LogP contribution in [0.4, 0.5) is 0 Å². The van der Waals surface area contributed by atoms with Crippen LogP contribution in [-0.4, -0.2) is 28.9 Å². The zero-order chi connectivity index (χ0) is 11.5. The second kappa shape index (κ2) is 4.61. The van der Waals surface area contributed by atoms with E-state index in [1.807, 2.05) is 13.0 Å². The van der Waals surface area contributed by atoms with Crippen LogP contribution in [0.5, 0.6) is 0 Å². The molecule has 1 aromatic heterocycles. The van der Waals surface area contributed by atoms with E-state index in [-0.39, 0.29) is 0 Å². The molecule has 1 fully saturated rings. The average Bonchev–Trinajstić information content (AvgIpc) is 2.70. The molecule has 4 heteroatoms. The van der Waals surface area contributed by atoms with E-state index in [2.05, 4.69) is 9.88 Å². The molecule has 0 unspecified atom stereocenters. The second-order valence-electron chi connectivity index (χ2n) is 4.36. The number of nitrogens with zero attached hydrogens (tertiary/aromatic N) is 2. The van der Waals surface area contributed by atoms with Gasteiger partial charge in [0.25, 0.3) is 5.91 Å². The van der Waals surface area contributed by atoms with Crippen LogP contribution in [0, 0.1) is 6.92 Å². The Morgan fingerprint density at radius 3 is 2.75 bits per heavy atom. The molecule has 16 heavy (non-hydrogen) atoms. The van der Waals surface area contributed by atoms with Gasteiger partial charge in [-0.25, -0.2) is 0 Å². The van der Waals surface area contributed by atoms with Crippen LogP contribution in [0.25, 0.3) is 0 Å². The molecular formula is C12H17N3O. The average molecular weight is 219 g/mol. The minimum atomic E-state index is -0.453. The lowest BCUT2D eigenvalue weighted by atomic mass is 10.1. The summed E-state index contributed by atoms with van der Waals surface area (Å²) in [6.45, 7) is 5.13. The summed E-state index contributed by atoms with van der Waals surface area (Å²) in [5.41, 5.74) is 7.62. The van der Waals surface area contributed by atoms with E-state index >= 15 is 0 Å². The predicted octanol–water partition coefficient (Wildman–Crippen LogP) is 1.08. The number of aromatic nitrogens is 1. The normalized spacial score (nSPS) is 16.6. The third kappa shape index (κ3) is 2.39. The first-order valence-electron chi connectivity index (χ1n) is 5.64. The number of carbonyl (C=O) groups excluding carboxylic acids is 1. The summed E-state index contributed by atoms with van der Waals surface area (Å²) in [6.07, 6.45) is 4.32. The van der Waals surface area contributed by atoms with Crippen molar-refractivity contribution < 1.29 is 4.79 Å². The Balaban J connectivity index is 2.11. The van der Waals surface area contributed by atoms with Crippen molar-refractivity contribution in [1.29, 1.82) is 0 Å². The highest BCUT2D eigenvalue weighted by Gasteiger charge is 2.13. The Hall–Kier alpha value is -1.42. The Morgan fingerprint density at radius 1 is 1.50 bits per heavy atom. The number of rotatable bonds is 3. The van der Waals surface area contributed by atoms with Gasteiger partial charge in [-0.3, -0.25) is 14.7 Å². The minimum Gasteiger partial charge on any atom is -0.364 e. The zero-order valence-corrected chi connectivity index (χ0v) is 9.57. The second-order valence-corrected chi connectivity index (χ2v) is 4.36. The summed E-state index contributed by atoms with van der Waals surface area (Å²) in [6, 6.07) is 2.01. The van der Waals surface area contributed by atoms with E-state index in [0.717, 1.165) is 30.8 Å². The van der Waals surface area contributed by atoms with E-state index in [1.165, 1.54) is 12.8 Å². The number of nitrogens with two attached hydrogens (primary N) is 1. The van der Waals surface area contributed by atoms with Crippen LogP contribution in [-0.2, 0) is 6.54 Å². The summed E-state index contributed by atoms with van der Waals surface area (Å²) in [5.74, 6) is -0.453. The van der Waals surface area contributed by atoms with Crippen molar-refractivity contribution in [2.75, 3.05) is 13.1 Å². The molecule has 4 nitrogen and oxygen atoms in total. The summed E-state index contributed by atoms with van der Waals surface area (Å²) in [7, 11) is 0. The number of amides is 1. The van der Waals surface area contributed by atoms with Crippen LogP contribution >= 0.6 is 0 Å². The monoisotopic (exact) mass is 219 g/mol. The number of aryl methyl sites for hydroxylation is 1. The lowest BCUT2D eigenvalue weighted by molar-refractivity contribution is 0.0995. The molecular weight excluding hydrogens is 202 g/mol. The first kappa shape index (κ1) is 11.1. The highest BCUT2D eigenvalue weighted by Crippen LogP contribution is 2.14. The molecule has 2 N–H and O–H groups in total. The Morgan fingerprint density at radius 2 is 2.19 bits per heavy atom. The molecule has 0 atom stereocenters. The maximum atomic E-state index is 11.0. The standard InChI is InChI=1S/C12H17N3O/c1-9-6-10(7-14-11(9)12(13)16)8-15-4-2-3-5-15/h6-7H,2-5,8H2,1H3,(H2,13,16). The molecule has 2 rings (SSSR count). The maximum absolute atomic E-state index is 11.0. The van der Waals surface area contributed by atoms with Gasteiger partial charge in [0, 0.05) is 12.7 Å². The van der Waals surface area contributed by atoms with Gasteiger partial charge in [0.05, 0.1) is 0 Å². The zero-order valence-electron chi connectivity index (χ0n) is 9.57. The molecule has 0 radical (unpaired) electrons. The number of likely N-dealkylation sites (tertiary alicyclic amines) is 1. The van der Waals surface area contributed by atoms with Crippen LogP contribution in [0.1, 0.15) is 34.5 Å². The predicted molar refractivity (Wildman–Crippen MR) is 62.0 cm³/mol. The van der Waals surface area contributed by atoms with Crippen molar-refractivity contribution in [2.24, 2.45) is 5.73 Å². The number of hydrogen-bond acceptors (Lipinski definition) is 3. The van der Waals surface area contributed by atoms with Crippen LogP contribution in [0.3, 0.4) is 0 Å². The summed E-state index contributed by atoms with van der Waals surface area (Å²) in [4.78, 5) is 17.5. The lowest BCUT2D eigenvalue weighted by Crippen LogP contribution is -2.20. The largest absolute Gasteiger partial charge is 0.364 e. The van der Waals surface area contributed by atoms with Gasteiger partial charge in [-0.1, -0.05) is 6.07 Å². The molecule has 86 valence electrons. The van der Waals surface area contributed by atoms with Crippen molar-refractivity contribution >= 4 is 5.91 Å². The maximum Gasteiger partial charge on any atom is 0.267 e. The van der Waals surface area contributed by atoms with Gasteiger partial charge in [-0.15, -0.1) is 0 Å². The van der Waals surface area contributed by atoms with Crippen molar-refractivity contribution in [1.82, 2.24) is 9.88 Å². The lowest BCUT2D eigenvalue weighted by Gasteiger charge is -2.14. The van der Waals surface area contributed by atoms with Gasteiger partial charge in [-0.2, -0.15) is 0 Å². The molecule has 0 saturated carbocycles. The van der Waals surface area contributed by atoms with Crippen LogP contribution < -0.4 is 5.73 Å². The number of hydrogen-bond donors (Lipinski definition) is 1. The van der Waals surface area contributed by atoms with Crippen molar-refractivity contribution in [2.45, 2.75) is 26.3 Å². The van der Waals surface area contributed by atoms with Gasteiger partial charge in [-0.05, 0) is 44.0 Å². The summed E-state index contributed by atoms with van der Waals surface area (Å²) >= 11 is 0. The summed E-state index contributed by atoms with van der Waals surface area (Å²) in [5, 5.41) is 0. The highest BCUT2D eigenvalue weighted by molar-refractivity contribution is 5.92. The third-order valence-corrected chi connectivity index (χ3v) is 2.97. The molecule has 1 amide bonds. The quantitative estimate of drug-likeness (QED) is 0.827.